The molecular formula is C12H16BrN3OS. The van der Waals surface area contributed by atoms with Crippen LogP contribution in [0.4, 0.5) is 0 Å². The molecule has 0 bridgehead atoms. The van der Waals surface area contributed by atoms with Crippen LogP contribution in [0.5, 0.6) is 0 Å². The number of hydrogen-bond acceptors (Lipinski definition) is 4. The summed E-state index contributed by atoms with van der Waals surface area (Å²) in [7, 11) is 0. The molecule has 2 heterocycles. The fraction of sp³-hybridized carbons (Fsp3) is 0.500. The van der Waals surface area contributed by atoms with Gasteiger partial charge in [-0.3, -0.25) is 4.68 Å². The number of halogens is 1. The van der Waals surface area contributed by atoms with Gasteiger partial charge >= 0.3 is 0 Å². The number of aromatic nitrogens is 3. The zero-order chi connectivity index (χ0) is 13.1. The Morgan fingerprint density at radius 1 is 1.56 bits per heavy atom. The van der Waals surface area contributed by atoms with Gasteiger partial charge in [0.2, 0.25) is 0 Å². The SMILES string of the molecule is CCCn1ncnc1CC(O)c1cc(C)c(Br)s1. The highest BCUT2D eigenvalue weighted by molar-refractivity contribution is 9.11. The molecule has 0 saturated carbocycles. The van der Waals surface area contributed by atoms with Crippen LogP contribution in [0.2, 0.25) is 0 Å². The zero-order valence-electron chi connectivity index (χ0n) is 10.4. The molecular weight excluding hydrogens is 314 g/mol. The molecule has 0 spiro atoms. The molecule has 4 nitrogen and oxygen atoms in total. The number of thiophene rings is 1. The van der Waals surface area contributed by atoms with Crippen molar-refractivity contribution in [2.75, 3.05) is 0 Å². The van der Waals surface area contributed by atoms with Gasteiger partial charge < -0.3 is 5.11 Å². The summed E-state index contributed by atoms with van der Waals surface area (Å²) in [6.07, 6.45) is 2.55. The summed E-state index contributed by atoms with van der Waals surface area (Å²) in [6, 6.07) is 2.01. The average molecular weight is 330 g/mol. The van der Waals surface area contributed by atoms with Crippen molar-refractivity contribution >= 4 is 27.3 Å². The monoisotopic (exact) mass is 329 g/mol. The lowest BCUT2D eigenvalue weighted by molar-refractivity contribution is 0.177. The maximum atomic E-state index is 10.2. The molecule has 0 fully saturated rings. The Kier molecular flexibility index (Phi) is 4.53. The molecule has 0 aliphatic rings. The molecule has 0 aromatic carbocycles. The van der Waals surface area contributed by atoms with Gasteiger partial charge in [-0.25, -0.2) is 4.98 Å². The summed E-state index contributed by atoms with van der Waals surface area (Å²) in [4.78, 5) is 5.18. The Bertz CT molecular complexity index is 504. The fourth-order valence-electron chi connectivity index (χ4n) is 1.77. The van der Waals surface area contributed by atoms with Crippen LogP contribution < -0.4 is 0 Å². The normalized spacial score (nSPS) is 12.9. The molecule has 2 aromatic rings. The molecule has 0 amide bonds. The number of aliphatic hydroxyl groups is 1. The molecule has 1 N–H and O–H groups in total. The Hall–Kier alpha value is -0.720. The Morgan fingerprint density at radius 2 is 2.33 bits per heavy atom. The van der Waals surface area contributed by atoms with Crippen molar-refractivity contribution in [1.82, 2.24) is 14.8 Å². The third-order valence-corrected chi connectivity index (χ3v) is 4.95. The van der Waals surface area contributed by atoms with Crippen molar-refractivity contribution in [2.24, 2.45) is 0 Å². The van der Waals surface area contributed by atoms with Crippen LogP contribution in [0, 0.1) is 6.92 Å². The van der Waals surface area contributed by atoms with Crippen molar-refractivity contribution < 1.29 is 5.11 Å². The highest BCUT2D eigenvalue weighted by Gasteiger charge is 2.16. The first-order chi connectivity index (χ1) is 8.61. The van der Waals surface area contributed by atoms with Crippen molar-refractivity contribution in [3.8, 4) is 0 Å². The lowest BCUT2D eigenvalue weighted by atomic mass is 10.2. The maximum absolute atomic E-state index is 10.2. The highest BCUT2D eigenvalue weighted by atomic mass is 79.9. The van der Waals surface area contributed by atoms with Gasteiger partial charge in [0, 0.05) is 17.8 Å². The molecule has 1 unspecified atom stereocenters. The quantitative estimate of drug-likeness (QED) is 0.916. The Labute approximate surface area is 119 Å². The fourth-order valence-corrected chi connectivity index (χ4v) is 3.32. The molecule has 6 heteroatoms. The van der Waals surface area contributed by atoms with Crippen molar-refractivity contribution in [1.29, 1.82) is 0 Å². The van der Waals surface area contributed by atoms with Crippen molar-refractivity contribution in [3.63, 3.8) is 0 Å². The molecule has 0 saturated heterocycles. The minimum atomic E-state index is -0.514. The predicted molar refractivity (Wildman–Crippen MR) is 75.7 cm³/mol. The molecule has 98 valence electrons. The molecule has 18 heavy (non-hydrogen) atoms. The predicted octanol–water partition coefficient (Wildman–Crippen LogP) is 3.10. The van der Waals surface area contributed by atoms with E-state index in [0.29, 0.717) is 6.42 Å². The second-order valence-electron chi connectivity index (χ2n) is 4.22. The maximum Gasteiger partial charge on any atom is 0.138 e. The van der Waals surface area contributed by atoms with Gasteiger partial charge in [0.1, 0.15) is 12.2 Å². The van der Waals surface area contributed by atoms with E-state index < -0.39 is 6.10 Å². The van der Waals surface area contributed by atoms with E-state index in [0.717, 1.165) is 33.0 Å². The summed E-state index contributed by atoms with van der Waals surface area (Å²) in [6.45, 7) is 4.97. The second kappa shape index (κ2) is 5.95. The van der Waals surface area contributed by atoms with E-state index >= 15 is 0 Å². The lowest BCUT2D eigenvalue weighted by Crippen LogP contribution is -2.09. The standard InChI is InChI=1S/C12H16BrN3OS/c1-3-4-16-11(14-7-15-16)6-9(17)10-5-8(2)12(13)18-10/h5,7,9,17H,3-4,6H2,1-2H3. The van der Waals surface area contributed by atoms with Crippen molar-refractivity contribution in [2.45, 2.75) is 39.3 Å². The van der Waals surface area contributed by atoms with E-state index in [1.54, 1.807) is 17.7 Å². The van der Waals surface area contributed by atoms with Gasteiger partial charge in [-0.2, -0.15) is 5.10 Å². The molecule has 2 rings (SSSR count). The van der Waals surface area contributed by atoms with Crippen LogP contribution in [0.1, 0.15) is 35.7 Å². The van der Waals surface area contributed by atoms with Gasteiger partial charge in [0.25, 0.3) is 0 Å². The first-order valence-corrected chi connectivity index (χ1v) is 7.53. The topological polar surface area (TPSA) is 50.9 Å². The minimum absolute atomic E-state index is 0.506. The largest absolute Gasteiger partial charge is 0.387 e. The van der Waals surface area contributed by atoms with Gasteiger partial charge in [0.05, 0.1) is 9.89 Å². The lowest BCUT2D eigenvalue weighted by Gasteiger charge is -2.09. The molecule has 2 aromatic heterocycles. The summed E-state index contributed by atoms with van der Waals surface area (Å²) in [5, 5.41) is 14.4. The molecule has 0 aliphatic carbocycles. The van der Waals surface area contributed by atoms with E-state index in [2.05, 4.69) is 32.9 Å². The number of aryl methyl sites for hydroxylation is 2. The van der Waals surface area contributed by atoms with Crippen LogP contribution >= 0.6 is 27.3 Å². The smallest absolute Gasteiger partial charge is 0.138 e. The van der Waals surface area contributed by atoms with Gasteiger partial charge in [-0.1, -0.05) is 6.92 Å². The summed E-state index contributed by atoms with van der Waals surface area (Å²) < 4.78 is 2.94. The van der Waals surface area contributed by atoms with Crippen molar-refractivity contribution in [3.05, 3.63) is 32.4 Å². The number of rotatable bonds is 5. The Morgan fingerprint density at radius 3 is 2.94 bits per heavy atom. The molecule has 0 radical (unpaired) electrons. The summed E-state index contributed by atoms with van der Waals surface area (Å²) in [5.41, 5.74) is 1.16. The van der Waals surface area contributed by atoms with E-state index in [-0.39, 0.29) is 0 Å². The van der Waals surface area contributed by atoms with Gasteiger partial charge in [-0.05, 0) is 40.9 Å². The first-order valence-electron chi connectivity index (χ1n) is 5.92. The van der Waals surface area contributed by atoms with Gasteiger partial charge in [-0.15, -0.1) is 11.3 Å². The number of aliphatic hydroxyl groups excluding tert-OH is 1. The third kappa shape index (κ3) is 2.99. The summed E-state index contributed by atoms with van der Waals surface area (Å²) >= 11 is 5.05. The van der Waals surface area contributed by atoms with Crippen LogP contribution in [0.25, 0.3) is 0 Å². The third-order valence-electron chi connectivity index (χ3n) is 2.71. The second-order valence-corrected chi connectivity index (χ2v) is 6.63. The van der Waals surface area contributed by atoms with E-state index in [9.17, 15) is 5.11 Å². The van der Waals surface area contributed by atoms with Crippen LogP contribution in [0.15, 0.2) is 16.2 Å². The molecule has 1 atom stereocenters. The van der Waals surface area contributed by atoms with E-state index in [1.165, 1.54) is 0 Å². The van der Waals surface area contributed by atoms with Crippen LogP contribution in [-0.4, -0.2) is 19.9 Å². The number of nitrogens with zero attached hydrogens (tertiary/aromatic N) is 3. The minimum Gasteiger partial charge on any atom is -0.387 e. The first kappa shape index (κ1) is 13.7. The van der Waals surface area contributed by atoms with Crippen LogP contribution in [-0.2, 0) is 13.0 Å². The average Bonchev–Trinajstić information content (AvgIpc) is 2.88. The van der Waals surface area contributed by atoms with E-state index in [1.807, 2.05) is 17.7 Å². The zero-order valence-corrected chi connectivity index (χ0v) is 12.8. The Balaban J connectivity index is 2.10. The van der Waals surface area contributed by atoms with Gasteiger partial charge in [0.15, 0.2) is 0 Å². The molecule has 0 aliphatic heterocycles. The highest BCUT2D eigenvalue weighted by Crippen LogP contribution is 2.32. The number of hydrogen-bond donors (Lipinski definition) is 1. The summed E-state index contributed by atoms with van der Waals surface area (Å²) in [5.74, 6) is 0.839. The van der Waals surface area contributed by atoms with Crippen LogP contribution in [0.3, 0.4) is 0 Å². The van der Waals surface area contributed by atoms with E-state index in [4.69, 9.17) is 0 Å².